The maximum Gasteiger partial charge on any atom is 0.135 e. The van der Waals surface area contributed by atoms with E-state index in [1.165, 1.54) is 18.2 Å². The van der Waals surface area contributed by atoms with Gasteiger partial charge in [0.1, 0.15) is 29.0 Å². The van der Waals surface area contributed by atoms with Gasteiger partial charge in [0.2, 0.25) is 0 Å². The lowest BCUT2D eigenvalue weighted by molar-refractivity contribution is 0.498. The van der Waals surface area contributed by atoms with Gasteiger partial charge in [-0.2, -0.15) is 0 Å². The second-order valence-corrected chi connectivity index (χ2v) is 6.17. The number of nitrogens with zero attached hydrogens (tertiary/aromatic N) is 2. The maximum atomic E-state index is 14.0. The number of halogens is 2. The van der Waals surface area contributed by atoms with Crippen LogP contribution in [0.15, 0.2) is 18.2 Å². The van der Waals surface area contributed by atoms with Crippen LogP contribution < -0.4 is 5.73 Å². The van der Waals surface area contributed by atoms with E-state index in [1.807, 2.05) is 32.3 Å². The molecule has 0 atom stereocenters. The average molecular weight is 293 g/mol. The van der Waals surface area contributed by atoms with Crippen molar-refractivity contribution in [3.8, 4) is 11.3 Å². The van der Waals surface area contributed by atoms with Gasteiger partial charge < -0.3 is 10.3 Å². The molecular formula is C16H21F2N3. The van der Waals surface area contributed by atoms with E-state index in [1.54, 1.807) is 0 Å². The SMILES string of the molecule is CCCn1c(C(C)(C)C)nc(-c2c(F)cccc2F)c1N. The highest BCUT2D eigenvalue weighted by molar-refractivity contribution is 5.72. The smallest absolute Gasteiger partial charge is 0.135 e. The maximum absolute atomic E-state index is 14.0. The van der Waals surface area contributed by atoms with Crippen molar-refractivity contribution in [2.24, 2.45) is 0 Å². The molecule has 0 radical (unpaired) electrons. The molecule has 0 aliphatic carbocycles. The molecule has 2 N–H and O–H groups in total. The molecule has 5 heteroatoms. The van der Waals surface area contributed by atoms with Crippen molar-refractivity contribution in [3.63, 3.8) is 0 Å². The summed E-state index contributed by atoms with van der Waals surface area (Å²) in [5, 5.41) is 0. The third-order valence-electron chi connectivity index (χ3n) is 3.32. The quantitative estimate of drug-likeness (QED) is 0.925. The number of aromatic nitrogens is 2. The highest BCUT2D eigenvalue weighted by Gasteiger charge is 2.27. The minimum atomic E-state index is -0.650. The fourth-order valence-corrected chi connectivity index (χ4v) is 2.40. The standard InChI is InChI=1S/C16H21F2N3/c1-5-9-21-14(19)13(20-15(21)16(2,3)4)12-10(17)7-6-8-11(12)18/h6-8H,5,9,19H2,1-4H3. The number of hydrogen-bond donors (Lipinski definition) is 1. The second-order valence-electron chi connectivity index (χ2n) is 6.17. The lowest BCUT2D eigenvalue weighted by Crippen LogP contribution is -2.19. The summed E-state index contributed by atoms with van der Waals surface area (Å²) in [6.45, 7) is 8.70. The Morgan fingerprint density at radius 2 is 1.76 bits per heavy atom. The Balaban J connectivity index is 2.71. The molecule has 2 rings (SSSR count). The topological polar surface area (TPSA) is 43.8 Å². The summed E-state index contributed by atoms with van der Waals surface area (Å²) >= 11 is 0. The van der Waals surface area contributed by atoms with Crippen molar-refractivity contribution in [2.75, 3.05) is 5.73 Å². The number of nitrogen functional groups attached to an aromatic ring is 1. The van der Waals surface area contributed by atoms with Gasteiger partial charge in [0, 0.05) is 12.0 Å². The molecule has 0 aliphatic rings. The van der Waals surface area contributed by atoms with Crippen molar-refractivity contribution in [1.82, 2.24) is 9.55 Å². The molecular weight excluding hydrogens is 272 g/mol. The summed E-state index contributed by atoms with van der Waals surface area (Å²) in [6.07, 6.45) is 0.864. The Kier molecular flexibility index (Phi) is 4.03. The van der Waals surface area contributed by atoms with E-state index in [2.05, 4.69) is 4.98 Å². The molecule has 3 nitrogen and oxygen atoms in total. The molecule has 0 saturated carbocycles. The largest absolute Gasteiger partial charge is 0.383 e. The minimum absolute atomic E-state index is 0.157. The molecule has 0 spiro atoms. The number of anilines is 1. The minimum Gasteiger partial charge on any atom is -0.383 e. The van der Waals surface area contributed by atoms with E-state index in [9.17, 15) is 8.78 Å². The molecule has 0 saturated heterocycles. The van der Waals surface area contributed by atoms with Gasteiger partial charge in [0.15, 0.2) is 0 Å². The molecule has 1 aromatic heterocycles. The van der Waals surface area contributed by atoms with Crippen LogP contribution in [0.2, 0.25) is 0 Å². The van der Waals surface area contributed by atoms with Crippen LogP contribution in [-0.2, 0) is 12.0 Å². The number of rotatable bonds is 3. The molecule has 0 aliphatic heterocycles. The number of hydrogen-bond acceptors (Lipinski definition) is 2. The van der Waals surface area contributed by atoms with E-state index in [0.29, 0.717) is 12.4 Å². The molecule has 114 valence electrons. The Bertz CT molecular complexity index is 634. The van der Waals surface area contributed by atoms with Crippen LogP contribution in [0, 0.1) is 11.6 Å². The van der Waals surface area contributed by atoms with Crippen molar-refractivity contribution in [2.45, 2.75) is 46.1 Å². The lowest BCUT2D eigenvalue weighted by Gasteiger charge is -2.19. The first kappa shape index (κ1) is 15.5. The Morgan fingerprint density at radius 1 is 1.19 bits per heavy atom. The zero-order valence-electron chi connectivity index (χ0n) is 12.9. The van der Waals surface area contributed by atoms with E-state index in [-0.39, 0.29) is 16.7 Å². The first-order valence-electron chi connectivity index (χ1n) is 7.08. The van der Waals surface area contributed by atoms with Gasteiger partial charge in [-0.15, -0.1) is 0 Å². The van der Waals surface area contributed by atoms with E-state index >= 15 is 0 Å². The normalized spacial score (nSPS) is 11.9. The Morgan fingerprint density at radius 3 is 2.24 bits per heavy atom. The number of benzene rings is 1. The van der Waals surface area contributed by atoms with Gasteiger partial charge in [-0.05, 0) is 18.6 Å². The number of nitrogens with two attached hydrogens (primary N) is 1. The predicted octanol–water partition coefficient (Wildman–Crippen LogP) is 4.12. The van der Waals surface area contributed by atoms with Gasteiger partial charge >= 0.3 is 0 Å². The van der Waals surface area contributed by atoms with Crippen LogP contribution in [0.5, 0.6) is 0 Å². The van der Waals surface area contributed by atoms with Gasteiger partial charge in [-0.3, -0.25) is 0 Å². The van der Waals surface area contributed by atoms with Crippen LogP contribution >= 0.6 is 0 Å². The van der Waals surface area contributed by atoms with Crippen molar-refractivity contribution < 1.29 is 8.78 Å². The third-order valence-corrected chi connectivity index (χ3v) is 3.32. The summed E-state index contributed by atoms with van der Waals surface area (Å²) < 4.78 is 29.8. The van der Waals surface area contributed by atoms with Crippen molar-refractivity contribution in [1.29, 1.82) is 0 Å². The first-order chi connectivity index (χ1) is 9.77. The van der Waals surface area contributed by atoms with Crippen LogP contribution in [0.3, 0.4) is 0 Å². The molecule has 0 bridgehead atoms. The molecule has 1 aromatic carbocycles. The Labute approximate surface area is 123 Å². The number of imidazole rings is 1. The summed E-state index contributed by atoms with van der Waals surface area (Å²) in [4.78, 5) is 4.45. The summed E-state index contributed by atoms with van der Waals surface area (Å²) in [5.74, 6) is -0.253. The first-order valence-corrected chi connectivity index (χ1v) is 7.08. The van der Waals surface area contributed by atoms with E-state index in [4.69, 9.17) is 5.73 Å². The van der Waals surface area contributed by atoms with Crippen molar-refractivity contribution in [3.05, 3.63) is 35.7 Å². The molecule has 0 unspecified atom stereocenters. The van der Waals surface area contributed by atoms with E-state index < -0.39 is 11.6 Å². The fourth-order valence-electron chi connectivity index (χ4n) is 2.40. The third kappa shape index (κ3) is 2.77. The second kappa shape index (κ2) is 5.47. The van der Waals surface area contributed by atoms with Crippen LogP contribution in [0.1, 0.15) is 39.9 Å². The summed E-state index contributed by atoms with van der Waals surface area (Å²) in [5.41, 5.74) is 5.89. The highest BCUT2D eigenvalue weighted by Crippen LogP contribution is 2.34. The van der Waals surface area contributed by atoms with Crippen LogP contribution in [0.25, 0.3) is 11.3 Å². The van der Waals surface area contributed by atoms with Crippen LogP contribution in [0.4, 0.5) is 14.6 Å². The zero-order chi connectivity index (χ0) is 15.8. The molecule has 2 aromatic rings. The Hall–Kier alpha value is -1.91. The molecule has 0 fully saturated rings. The zero-order valence-corrected chi connectivity index (χ0v) is 12.9. The molecule has 21 heavy (non-hydrogen) atoms. The molecule has 0 amide bonds. The van der Waals surface area contributed by atoms with E-state index in [0.717, 1.165) is 12.2 Å². The van der Waals surface area contributed by atoms with Gasteiger partial charge in [0.05, 0.1) is 5.56 Å². The lowest BCUT2D eigenvalue weighted by atomic mass is 9.95. The molecule has 1 heterocycles. The van der Waals surface area contributed by atoms with Gasteiger partial charge in [-0.1, -0.05) is 33.8 Å². The average Bonchev–Trinajstić information content (AvgIpc) is 2.68. The van der Waals surface area contributed by atoms with Gasteiger partial charge in [-0.25, -0.2) is 13.8 Å². The highest BCUT2D eigenvalue weighted by atomic mass is 19.1. The summed E-state index contributed by atoms with van der Waals surface area (Å²) in [7, 11) is 0. The fraction of sp³-hybridized carbons (Fsp3) is 0.438. The monoisotopic (exact) mass is 293 g/mol. The van der Waals surface area contributed by atoms with Gasteiger partial charge in [0.25, 0.3) is 0 Å². The summed E-state index contributed by atoms with van der Waals surface area (Å²) in [6, 6.07) is 3.76. The van der Waals surface area contributed by atoms with Crippen LogP contribution in [-0.4, -0.2) is 9.55 Å². The predicted molar refractivity (Wildman–Crippen MR) is 81.0 cm³/mol. The van der Waals surface area contributed by atoms with Crippen molar-refractivity contribution >= 4 is 5.82 Å².